The summed E-state index contributed by atoms with van der Waals surface area (Å²) in [6, 6.07) is 15.3. The monoisotopic (exact) mass is 349 g/mol. The molecule has 1 amide bonds. The van der Waals surface area contributed by atoms with Crippen molar-refractivity contribution in [3.63, 3.8) is 0 Å². The zero-order chi connectivity index (χ0) is 17.9. The molecule has 4 rings (SSSR count). The van der Waals surface area contributed by atoms with Crippen molar-refractivity contribution in [3.8, 4) is 0 Å². The third kappa shape index (κ3) is 3.50. The maximum Gasteiger partial charge on any atom is 0.339 e. The Morgan fingerprint density at radius 1 is 1.00 bits per heavy atom. The van der Waals surface area contributed by atoms with E-state index in [2.05, 4.69) is 5.32 Å². The van der Waals surface area contributed by atoms with Gasteiger partial charge in [0.25, 0.3) is 5.91 Å². The first-order chi connectivity index (χ1) is 12.7. The Bertz CT molecular complexity index is 809. The normalized spacial score (nSPS) is 20.2. The van der Waals surface area contributed by atoms with E-state index < -0.39 is 0 Å². The summed E-state index contributed by atoms with van der Waals surface area (Å²) in [5.41, 5.74) is 3.04. The van der Waals surface area contributed by atoms with Crippen molar-refractivity contribution in [2.75, 3.05) is 0 Å². The Morgan fingerprint density at radius 3 is 2.54 bits per heavy atom. The molecule has 0 saturated heterocycles. The van der Waals surface area contributed by atoms with Gasteiger partial charge in [-0.1, -0.05) is 49.6 Å². The Kier molecular flexibility index (Phi) is 4.74. The second kappa shape index (κ2) is 7.32. The van der Waals surface area contributed by atoms with Gasteiger partial charge in [-0.2, -0.15) is 0 Å². The molecule has 4 heteroatoms. The SMILES string of the molecule is O=C(NC1CCCCC1)c1ccc2c(c1)CC(c1ccccc1)OC2=O. The number of carbonyl (C=O) groups excluding carboxylic acids is 2. The lowest BCUT2D eigenvalue weighted by molar-refractivity contribution is 0.0252. The molecule has 1 atom stereocenters. The van der Waals surface area contributed by atoms with Crippen LogP contribution < -0.4 is 5.32 Å². The molecule has 2 aromatic carbocycles. The van der Waals surface area contributed by atoms with Crippen LogP contribution >= 0.6 is 0 Å². The highest BCUT2D eigenvalue weighted by atomic mass is 16.5. The van der Waals surface area contributed by atoms with E-state index in [9.17, 15) is 9.59 Å². The molecule has 1 heterocycles. The second-order valence-corrected chi connectivity index (χ2v) is 7.19. The van der Waals surface area contributed by atoms with E-state index >= 15 is 0 Å². The Balaban J connectivity index is 1.54. The molecule has 0 radical (unpaired) electrons. The van der Waals surface area contributed by atoms with Gasteiger partial charge in [-0.15, -0.1) is 0 Å². The number of rotatable bonds is 3. The number of carbonyl (C=O) groups is 2. The third-order valence-corrected chi connectivity index (χ3v) is 5.35. The number of hydrogen-bond acceptors (Lipinski definition) is 3. The van der Waals surface area contributed by atoms with Gasteiger partial charge in [0.05, 0.1) is 5.56 Å². The van der Waals surface area contributed by atoms with E-state index in [4.69, 9.17) is 4.74 Å². The fraction of sp³-hybridized carbons (Fsp3) is 0.364. The Hall–Kier alpha value is -2.62. The fourth-order valence-electron chi connectivity index (χ4n) is 3.91. The van der Waals surface area contributed by atoms with E-state index in [0.29, 0.717) is 17.5 Å². The van der Waals surface area contributed by atoms with Crippen molar-refractivity contribution >= 4 is 11.9 Å². The topological polar surface area (TPSA) is 55.4 Å². The lowest BCUT2D eigenvalue weighted by atomic mass is 9.92. The standard InChI is InChI=1S/C22H23NO3/c24-21(23-18-9-5-2-6-10-18)16-11-12-19-17(13-16)14-20(26-22(19)25)15-7-3-1-4-8-15/h1,3-4,7-8,11-13,18,20H,2,5-6,9-10,14H2,(H,23,24). The summed E-state index contributed by atoms with van der Waals surface area (Å²) in [5, 5.41) is 3.14. The molecule has 0 aromatic heterocycles. The molecule has 26 heavy (non-hydrogen) atoms. The maximum atomic E-state index is 12.6. The number of esters is 1. The molecule has 0 spiro atoms. The molecule has 134 valence electrons. The van der Waals surface area contributed by atoms with Gasteiger partial charge in [-0.05, 0) is 42.2 Å². The van der Waals surface area contributed by atoms with Crippen molar-refractivity contribution in [1.82, 2.24) is 5.32 Å². The maximum absolute atomic E-state index is 12.6. The molecule has 4 nitrogen and oxygen atoms in total. The predicted octanol–water partition coefficient (Wildman–Crippen LogP) is 4.20. The van der Waals surface area contributed by atoms with Crippen LogP contribution in [0.2, 0.25) is 0 Å². The van der Waals surface area contributed by atoms with Crippen molar-refractivity contribution in [2.24, 2.45) is 0 Å². The summed E-state index contributed by atoms with van der Waals surface area (Å²) in [6.07, 6.45) is 6.02. The summed E-state index contributed by atoms with van der Waals surface area (Å²) in [5.74, 6) is -0.366. The average molecular weight is 349 g/mol. The number of ether oxygens (including phenoxy) is 1. The average Bonchev–Trinajstić information content (AvgIpc) is 2.69. The van der Waals surface area contributed by atoms with Crippen LogP contribution in [0.3, 0.4) is 0 Å². The highest BCUT2D eigenvalue weighted by Crippen LogP contribution is 2.31. The minimum absolute atomic E-state index is 0.0464. The van der Waals surface area contributed by atoms with Crippen LogP contribution in [0.1, 0.15) is 70.1 Å². The summed E-state index contributed by atoms with van der Waals surface area (Å²) in [7, 11) is 0. The molecule has 0 bridgehead atoms. The molecule has 1 aliphatic heterocycles. The van der Waals surface area contributed by atoms with Crippen molar-refractivity contribution in [3.05, 3.63) is 70.8 Å². The van der Waals surface area contributed by atoms with Crippen LogP contribution in [-0.2, 0) is 11.2 Å². The first-order valence-corrected chi connectivity index (χ1v) is 9.40. The van der Waals surface area contributed by atoms with E-state index in [1.165, 1.54) is 19.3 Å². The van der Waals surface area contributed by atoms with Crippen LogP contribution in [0.5, 0.6) is 0 Å². The van der Waals surface area contributed by atoms with E-state index in [1.54, 1.807) is 12.1 Å². The second-order valence-electron chi connectivity index (χ2n) is 7.19. The molecule has 2 aromatic rings. The summed E-state index contributed by atoms with van der Waals surface area (Å²) in [6.45, 7) is 0. The number of hydrogen-bond donors (Lipinski definition) is 1. The van der Waals surface area contributed by atoms with Crippen LogP contribution in [0.15, 0.2) is 48.5 Å². The smallest absolute Gasteiger partial charge is 0.339 e. The Labute approximate surface area is 153 Å². The van der Waals surface area contributed by atoms with Gasteiger partial charge >= 0.3 is 5.97 Å². The lowest BCUT2D eigenvalue weighted by Gasteiger charge is -2.26. The van der Waals surface area contributed by atoms with Crippen molar-refractivity contribution in [1.29, 1.82) is 0 Å². The van der Waals surface area contributed by atoms with E-state index in [0.717, 1.165) is 24.0 Å². The van der Waals surface area contributed by atoms with E-state index in [1.807, 2.05) is 36.4 Å². The minimum atomic E-state index is -0.320. The molecule has 1 unspecified atom stereocenters. The number of nitrogens with one attached hydrogen (secondary N) is 1. The first-order valence-electron chi connectivity index (χ1n) is 9.40. The molecule has 1 N–H and O–H groups in total. The molecule has 2 aliphatic rings. The van der Waals surface area contributed by atoms with Crippen LogP contribution in [0.25, 0.3) is 0 Å². The van der Waals surface area contributed by atoms with Gasteiger partial charge < -0.3 is 10.1 Å². The Morgan fingerprint density at radius 2 is 1.77 bits per heavy atom. The van der Waals surface area contributed by atoms with Gasteiger partial charge in [0.15, 0.2) is 0 Å². The van der Waals surface area contributed by atoms with Gasteiger partial charge in [-0.3, -0.25) is 4.79 Å². The largest absolute Gasteiger partial charge is 0.454 e. The molecule has 1 saturated carbocycles. The quantitative estimate of drug-likeness (QED) is 0.845. The van der Waals surface area contributed by atoms with Crippen LogP contribution in [-0.4, -0.2) is 17.9 Å². The highest BCUT2D eigenvalue weighted by molar-refractivity contribution is 5.98. The van der Waals surface area contributed by atoms with Crippen LogP contribution in [0.4, 0.5) is 0 Å². The molecular weight excluding hydrogens is 326 g/mol. The predicted molar refractivity (Wildman–Crippen MR) is 99.1 cm³/mol. The summed E-state index contributed by atoms with van der Waals surface area (Å²) < 4.78 is 5.58. The summed E-state index contributed by atoms with van der Waals surface area (Å²) in [4.78, 5) is 24.9. The van der Waals surface area contributed by atoms with Crippen LogP contribution in [0, 0.1) is 0 Å². The zero-order valence-corrected chi connectivity index (χ0v) is 14.7. The van der Waals surface area contributed by atoms with Gasteiger partial charge in [0.2, 0.25) is 0 Å². The number of cyclic esters (lactones) is 1. The molecule has 1 aliphatic carbocycles. The van der Waals surface area contributed by atoms with Gasteiger partial charge in [0, 0.05) is 18.0 Å². The molecule has 1 fully saturated rings. The highest BCUT2D eigenvalue weighted by Gasteiger charge is 2.28. The number of benzene rings is 2. The zero-order valence-electron chi connectivity index (χ0n) is 14.7. The lowest BCUT2D eigenvalue weighted by Crippen LogP contribution is -2.36. The fourth-order valence-corrected chi connectivity index (χ4v) is 3.91. The van der Waals surface area contributed by atoms with Gasteiger partial charge in [0.1, 0.15) is 6.10 Å². The third-order valence-electron chi connectivity index (χ3n) is 5.35. The minimum Gasteiger partial charge on any atom is -0.454 e. The van der Waals surface area contributed by atoms with E-state index in [-0.39, 0.29) is 24.0 Å². The summed E-state index contributed by atoms with van der Waals surface area (Å²) >= 11 is 0. The van der Waals surface area contributed by atoms with Gasteiger partial charge in [-0.25, -0.2) is 4.79 Å². The number of amides is 1. The van der Waals surface area contributed by atoms with Crippen molar-refractivity contribution < 1.29 is 14.3 Å². The van der Waals surface area contributed by atoms with Crippen molar-refractivity contribution in [2.45, 2.75) is 50.7 Å². The number of fused-ring (bicyclic) bond motifs is 1. The first kappa shape index (κ1) is 16.8. The molecular formula is C22H23NO3.